The van der Waals surface area contributed by atoms with E-state index in [0.717, 1.165) is 31.7 Å². The molecule has 0 aliphatic carbocycles. The van der Waals surface area contributed by atoms with Crippen molar-refractivity contribution in [2.24, 2.45) is 4.99 Å². The molecule has 0 aliphatic heterocycles. The van der Waals surface area contributed by atoms with Crippen molar-refractivity contribution in [1.82, 2.24) is 15.3 Å². The molecule has 4 aromatic carbocycles. The van der Waals surface area contributed by atoms with Gasteiger partial charge in [-0.2, -0.15) is 13.2 Å². The Labute approximate surface area is 248 Å². The van der Waals surface area contributed by atoms with Crippen LogP contribution in [0, 0.1) is 0 Å². The quantitative estimate of drug-likeness (QED) is 0.184. The zero-order valence-corrected chi connectivity index (χ0v) is 24.1. The highest BCUT2D eigenvalue weighted by molar-refractivity contribution is 7.20. The van der Waals surface area contributed by atoms with Crippen LogP contribution in [0.15, 0.2) is 102 Å². The number of alkyl halides is 3. The number of fused-ring (bicyclic) bond motifs is 2. The van der Waals surface area contributed by atoms with Crippen LogP contribution in [0.3, 0.4) is 0 Å². The molecule has 42 heavy (non-hydrogen) atoms. The van der Waals surface area contributed by atoms with E-state index in [9.17, 15) is 13.2 Å². The van der Waals surface area contributed by atoms with Gasteiger partial charge >= 0.3 is 6.18 Å². The number of ether oxygens (including phenoxy) is 2. The number of nitrogens with one attached hydrogen (secondary N) is 1. The Bertz CT molecular complexity index is 1720. The smallest absolute Gasteiger partial charge is 0.407 e. The molecule has 214 valence electrons. The summed E-state index contributed by atoms with van der Waals surface area (Å²) >= 11 is 2.93. The second-order valence-corrected chi connectivity index (χ2v) is 10.9. The van der Waals surface area contributed by atoms with Gasteiger partial charge in [-0.05, 0) is 78.8 Å². The molecule has 1 unspecified atom stereocenters. The van der Waals surface area contributed by atoms with E-state index in [1.54, 1.807) is 18.4 Å². The van der Waals surface area contributed by atoms with Gasteiger partial charge in [0.05, 0.1) is 20.4 Å². The number of benzene rings is 4. The highest BCUT2D eigenvalue weighted by atomic mass is 32.1. The van der Waals surface area contributed by atoms with Crippen LogP contribution in [-0.4, -0.2) is 36.5 Å². The van der Waals surface area contributed by atoms with Crippen LogP contribution in [-0.2, 0) is 0 Å². The third kappa shape index (κ3) is 7.30. The van der Waals surface area contributed by atoms with Gasteiger partial charge in [-0.15, -0.1) is 0 Å². The molecule has 1 atom stereocenters. The lowest BCUT2D eigenvalue weighted by atomic mass is 10.1. The minimum absolute atomic E-state index is 0.136. The molecule has 0 radical (unpaired) electrons. The molecular weight excluding hydrogens is 581 g/mol. The molecule has 0 fully saturated rings. The summed E-state index contributed by atoms with van der Waals surface area (Å²) in [5, 5.41) is 3.39. The Balaban J connectivity index is 0.000000171. The second-order valence-electron chi connectivity index (χ2n) is 8.89. The number of rotatable bonds is 7. The van der Waals surface area contributed by atoms with Crippen LogP contribution >= 0.6 is 22.7 Å². The molecule has 1 N–H and O–H groups in total. The molecule has 0 saturated carbocycles. The molecule has 0 aliphatic rings. The maximum Gasteiger partial charge on any atom is 0.407 e. The summed E-state index contributed by atoms with van der Waals surface area (Å²) in [7, 11) is 3.04. The Morgan fingerprint density at radius 2 is 1.21 bits per heavy atom. The number of halogens is 3. The zero-order valence-electron chi connectivity index (χ0n) is 22.5. The van der Waals surface area contributed by atoms with Crippen molar-refractivity contribution >= 4 is 49.3 Å². The predicted molar refractivity (Wildman–Crippen MR) is 164 cm³/mol. The number of aliphatic imine (C=N–C) groups is 1. The van der Waals surface area contributed by atoms with E-state index in [-0.39, 0.29) is 5.56 Å². The van der Waals surface area contributed by atoms with Gasteiger partial charge in [0.1, 0.15) is 17.5 Å². The minimum atomic E-state index is -4.34. The molecule has 11 heteroatoms. The molecule has 2 aromatic heterocycles. The van der Waals surface area contributed by atoms with Crippen molar-refractivity contribution in [3.8, 4) is 21.9 Å². The number of para-hydroxylation sites is 2. The summed E-state index contributed by atoms with van der Waals surface area (Å²) < 4.78 is 52.1. The van der Waals surface area contributed by atoms with Gasteiger partial charge in [0.15, 0.2) is 0 Å². The molecule has 6 aromatic rings. The average Bonchev–Trinajstić information content (AvgIpc) is 3.58. The Kier molecular flexibility index (Phi) is 9.11. The number of aromatic nitrogens is 2. The van der Waals surface area contributed by atoms with Gasteiger partial charge in [0.25, 0.3) is 10.4 Å². The van der Waals surface area contributed by atoms with E-state index in [0.29, 0.717) is 16.1 Å². The Hall–Kier alpha value is -4.32. The molecule has 0 spiro atoms. The fraction of sp³-hybridized carbons (Fsp3) is 0.129. The molecular formula is C31H25F3N4O2S2. The number of nitrogens with zero attached hydrogens (tertiary/aromatic N) is 3. The second kappa shape index (κ2) is 13.1. The maximum absolute atomic E-state index is 12.9. The van der Waals surface area contributed by atoms with Crippen molar-refractivity contribution in [1.29, 1.82) is 0 Å². The maximum atomic E-state index is 12.9. The summed E-state index contributed by atoms with van der Waals surface area (Å²) in [4.78, 5) is 12.7. The van der Waals surface area contributed by atoms with E-state index in [1.165, 1.54) is 42.6 Å². The van der Waals surface area contributed by atoms with Crippen LogP contribution in [0.5, 0.6) is 21.9 Å². The van der Waals surface area contributed by atoms with Crippen LogP contribution in [0.2, 0.25) is 0 Å². The predicted octanol–water partition coefficient (Wildman–Crippen LogP) is 9.05. The normalized spacial score (nSPS) is 12.3. The standard InChI is InChI=1S/C16H13F3N2OS.C15H12N2OS/c1-20-14(16(17,18)19)10-6-8-11(9-7-10)22-15-21-12-4-2-3-5-13(12)23-15;1-16-10-11-6-8-12(9-7-11)18-15-17-13-4-2-3-5-14(13)19-15/h2-9,14,20H,1H3;2-10H,1H3. The van der Waals surface area contributed by atoms with Crippen molar-refractivity contribution in [3.63, 3.8) is 0 Å². The molecule has 2 heterocycles. The highest BCUT2D eigenvalue weighted by Crippen LogP contribution is 2.35. The van der Waals surface area contributed by atoms with Crippen molar-refractivity contribution in [2.75, 3.05) is 14.1 Å². The van der Waals surface area contributed by atoms with E-state index in [1.807, 2.05) is 79.0 Å². The first-order valence-electron chi connectivity index (χ1n) is 12.8. The van der Waals surface area contributed by atoms with Gasteiger partial charge in [-0.3, -0.25) is 4.99 Å². The van der Waals surface area contributed by atoms with Crippen molar-refractivity contribution < 1.29 is 22.6 Å². The molecule has 0 bridgehead atoms. The summed E-state index contributed by atoms with van der Waals surface area (Å²) in [6.45, 7) is 0. The van der Waals surface area contributed by atoms with Gasteiger partial charge < -0.3 is 14.8 Å². The largest absolute Gasteiger partial charge is 0.431 e. The van der Waals surface area contributed by atoms with Gasteiger partial charge in [-0.25, -0.2) is 9.97 Å². The number of hydrogen-bond acceptors (Lipinski definition) is 8. The molecule has 0 saturated heterocycles. The first-order valence-corrected chi connectivity index (χ1v) is 14.4. The van der Waals surface area contributed by atoms with E-state index >= 15 is 0 Å². The molecule has 0 amide bonds. The number of hydrogen-bond donors (Lipinski definition) is 1. The van der Waals surface area contributed by atoms with E-state index in [2.05, 4.69) is 20.3 Å². The van der Waals surface area contributed by atoms with Gasteiger partial charge in [-0.1, -0.05) is 59.1 Å². The third-order valence-electron chi connectivity index (χ3n) is 5.95. The summed E-state index contributed by atoms with van der Waals surface area (Å²) in [5.74, 6) is 1.23. The first-order chi connectivity index (χ1) is 20.3. The van der Waals surface area contributed by atoms with E-state index < -0.39 is 12.2 Å². The molecule has 6 rings (SSSR count). The summed E-state index contributed by atoms with van der Waals surface area (Å²) in [6.07, 6.45) is -2.54. The highest BCUT2D eigenvalue weighted by Gasteiger charge is 2.39. The minimum Gasteiger partial charge on any atom is -0.431 e. The lowest BCUT2D eigenvalue weighted by molar-refractivity contribution is -0.156. The summed E-state index contributed by atoms with van der Waals surface area (Å²) in [5.41, 5.74) is 2.99. The van der Waals surface area contributed by atoms with Crippen molar-refractivity contribution in [3.05, 3.63) is 108 Å². The van der Waals surface area contributed by atoms with Gasteiger partial charge in [0.2, 0.25) is 0 Å². The average molecular weight is 607 g/mol. The van der Waals surface area contributed by atoms with Crippen LogP contribution in [0.25, 0.3) is 20.4 Å². The first kappa shape index (κ1) is 29.2. The lowest BCUT2D eigenvalue weighted by Crippen LogP contribution is -2.31. The summed E-state index contributed by atoms with van der Waals surface area (Å²) in [6, 6.07) is 27.5. The Morgan fingerprint density at radius 1 is 0.738 bits per heavy atom. The van der Waals surface area contributed by atoms with Gasteiger partial charge in [0, 0.05) is 13.3 Å². The molecule has 6 nitrogen and oxygen atoms in total. The zero-order chi connectivity index (χ0) is 29.5. The topological polar surface area (TPSA) is 68.6 Å². The van der Waals surface area contributed by atoms with Crippen molar-refractivity contribution in [2.45, 2.75) is 12.2 Å². The third-order valence-corrected chi connectivity index (χ3v) is 7.78. The van der Waals surface area contributed by atoms with Crippen LogP contribution in [0.1, 0.15) is 17.2 Å². The van der Waals surface area contributed by atoms with Crippen LogP contribution in [0.4, 0.5) is 13.2 Å². The lowest BCUT2D eigenvalue weighted by Gasteiger charge is -2.20. The van der Waals surface area contributed by atoms with E-state index in [4.69, 9.17) is 9.47 Å². The fourth-order valence-electron chi connectivity index (χ4n) is 4.01. The number of thiazole rings is 2. The Morgan fingerprint density at radius 3 is 1.64 bits per heavy atom. The fourth-order valence-corrected chi connectivity index (χ4v) is 5.68. The monoisotopic (exact) mass is 606 g/mol. The SMILES string of the molecule is CN=Cc1ccc(Oc2nc3ccccc3s2)cc1.CNC(c1ccc(Oc2nc3ccccc3s2)cc1)C(F)(F)F. The van der Waals surface area contributed by atoms with Crippen LogP contribution < -0.4 is 14.8 Å².